The molecule has 154 valence electrons. The van der Waals surface area contributed by atoms with Gasteiger partial charge in [-0.15, -0.1) is 0 Å². The van der Waals surface area contributed by atoms with Crippen LogP contribution in [0.5, 0.6) is 0 Å². The number of imide groups is 1. The Labute approximate surface area is 161 Å². The number of amides is 2. The summed E-state index contributed by atoms with van der Waals surface area (Å²) in [7, 11) is 0. The zero-order valence-corrected chi connectivity index (χ0v) is 15.4. The Kier molecular flexibility index (Phi) is 5.15. The van der Waals surface area contributed by atoms with E-state index in [1.807, 2.05) is 0 Å². The van der Waals surface area contributed by atoms with Crippen molar-refractivity contribution >= 4 is 17.7 Å². The van der Waals surface area contributed by atoms with Crippen LogP contribution in [0.15, 0.2) is 22.8 Å². The number of likely N-dealkylation sites (tertiary alicyclic amines) is 1. The predicted octanol–water partition coefficient (Wildman–Crippen LogP) is -0.681. The third kappa shape index (κ3) is 3.31. The number of fused-ring (bicyclic) bond motifs is 2. The molecule has 0 spiro atoms. The second-order valence-electron chi connectivity index (χ2n) is 7.49. The molecule has 28 heavy (non-hydrogen) atoms. The predicted molar refractivity (Wildman–Crippen MR) is 93.0 cm³/mol. The second-order valence-corrected chi connectivity index (χ2v) is 7.49. The Bertz CT molecular complexity index is 725. The average Bonchev–Trinajstić information content (AvgIpc) is 3.37. The van der Waals surface area contributed by atoms with E-state index in [0.717, 1.165) is 0 Å². The summed E-state index contributed by atoms with van der Waals surface area (Å²) in [6.07, 6.45) is -1.50. The van der Waals surface area contributed by atoms with Gasteiger partial charge in [-0.1, -0.05) is 6.92 Å². The number of nitrogens with zero attached hydrogens (tertiary/aromatic N) is 1. The van der Waals surface area contributed by atoms with Crippen LogP contribution in [0.4, 0.5) is 5.88 Å². The number of rotatable bonds is 7. The molecule has 0 aromatic carbocycles. The lowest BCUT2D eigenvalue weighted by Crippen LogP contribution is -2.64. The number of aliphatic hydroxyl groups is 2. The Morgan fingerprint density at radius 3 is 2.89 bits per heavy atom. The number of anilines is 1. The van der Waals surface area contributed by atoms with E-state index in [-0.39, 0.29) is 50.5 Å². The van der Waals surface area contributed by atoms with Gasteiger partial charge >= 0.3 is 0 Å². The minimum absolute atomic E-state index is 0.0407. The lowest BCUT2D eigenvalue weighted by molar-refractivity contribution is -0.229. The van der Waals surface area contributed by atoms with Crippen molar-refractivity contribution in [2.45, 2.75) is 43.5 Å². The Morgan fingerprint density at radius 2 is 2.21 bits per heavy atom. The minimum atomic E-state index is -1.26. The molecule has 3 aliphatic rings. The maximum absolute atomic E-state index is 11.9. The Hall–Kier alpha value is -1.98. The highest BCUT2D eigenvalue weighted by Gasteiger charge is 2.59. The Balaban J connectivity index is 1.32. The first-order valence-electron chi connectivity index (χ1n) is 9.29. The van der Waals surface area contributed by atoms with Crippen LogP contribution < -0.4 is 5.32 Å². The van der Waals surface area contributed by atoms with Gasteiger partial charge in [-0.3, -0.25) is 14.5 Å². The van der Waals surface area contributed by atoms with Crippen molar-refractivity contribution < 1.29 is 38.4 Å². The van der Waals surface area contributed by atoms with Crippen LogP contribution in [-0.2, 0) is 23.8 Å². The van der Waals surface area contributed by atoms with Crippen LogP contribution in [0, 0.1) is 5.92 Å². The number of hydrogen-bond acceptors (Lipinski definition) is 9. The molecule has 10 heteroatoms. The van der Waals surface area contributed by atoms with Crippen LogP contribution in [0.25, 0.3) is 0 Å². The average molecular weight is 396 g/mol. The van der Waals surface area contributed by atoms with E-state index in [0.29, 0.717) is 5.88 Å². The molecule has 0 radical (unpaired) electrons. The van der Waals surface area contributed by atoms with Crippen molar-refractivity contribution in [3.63, 3.8) is 0 Å². The summed E-state index contributed by atoms with van der Waals surface area (Å²) in [5.74, 6) is -0.285. The van der Waals surface area contributed by atoms with Crippen molar-refractivity contribution in [2.24, 2.45) is 5.92 Å². The topological polar surface area (TPSA) is 131 Å². The lowest BCUT2D eigenvalue weighted by atomic mass is 9.88. The number of aliphatic hydroxyl groups excluding tert-OH is 2. The molecule has 1 aromatic heterocycles. The number of nitrogens with one attached hydrogen (secondary N) is 1. The quantitative estimate of drug-likeness (QED) is 0.405. The van der Waals surface area contributed by atoms with Gasteiger partial charge in [0.05, 0.1) is 32.6 Å². The van der Waals surface area contributed by atoms with E-state index in [4.69, 9.17) is 18.6 Å². The number of ether oxygens (including phenoxy) is 3. The van der Waals surface area contributed by atoms with Crippen LogP contribution >= 0.6 is 0 Å². The molecule has 1 unspecified atom stereocenters. The first kappa shape index (κ1) is 19.3. The van der Waals surface area contributed by atoms with Crippen LogP contribution in [0.1, 0.15) is 13.3 Å². The maximum atomic E-state index is 11.9. The number of carbonyl (C=O) groups is 2. The van der Waals surface area contributed by atoms with Crippen LogP contribution in [0.3, 0.4) is 0 Å². The molecule has 4 heterocycles. The molecule has 3 aliphatic heterocycles. The smallest absolute Gasteiger partial charge is 0.232 e. The number of furan rings is 1. The third-order valence-electron chi connectivity index (χ3n) is 5.47. The standard InChI is InChI=1S/C18H24N2O8/c1-10-7-12(21)20(16(10)24)4-6-25-8-18-9-27-17(28-18)13(14(22)15(18)23)19-11-3-2-5-26-11/h2-3,5,10,13-15,17,19,22-23H,4,6-9H2,1H3/t10?,13-,14+,15+,17-,18-/m0/s1. The fourth-order valence-electron chi connectivity index (χ4n) is 3.85. The lowest BCUT2D eigenvalue weighted by Gasteiger charge is -2.42. The second kappa shape index (κ2) is 7.45. The SMILES string of the molecule is CC1CC(=O)N(CCOC[C@@]23CO[C@@H](O2)[C@@H](Nc2ccco2)[C@@H](O)[C@H]3O)C1=O. The highest BCUT2D eigenvalue weighted by atomic mass is 16.7. The highest BCUT2D eigenvalue weighted by molar-refractivity contribution is 6.03. The van der Waals surface area contributed by atoms with E-state index in [1.54, 1.807) is 19.1 Å². The monoisotopic (exact) mass is 396 g/mol. The summed E-state index contributed by atoms with van der Waals surface area (Å²) < 4.78 is 22.3. The fraction of sp³-hybridized carbons (Fsp3) is 0.667. The molecule has 3 N–H and O–H groups in total. The van der Waals surface area contributed by atoms with E-state index in [9.17, 15) is 19.8 Å². The summed E-state index contributed by atoms with van der Waals surface area (Å²) in [5.41, 5.74) is -1.21. The van der Waals surface area contributed by atoms with E-state index in [2.05, 4.69) is 5.32 Å². The molecule has 1 aromatic rings. The van der Waals surface area contributed by atoms with E-state index < -0.39 is 30.1 Å². The first-order valence-corrected chi connectivity index (χ1v) is 9.29. The Morgan fingerprint density at radius 1 is 1.39 bits per heavy atom. The van der Waals surface area contributed by atoms with Gasteiger partial charge in [-0.05, 0) is 6.07 Å². The molecule has 2 amide bonds. The van der Waals surface area contributed by atoms with Crippen molar-refractivity contribution in [3.8, 4) is 0 Å². The molecule has 10 nitrogen and oxygen atoms in total. The van der Waals surface area contributed by atoms with Gasteiger partial charge in [0, 0.05) is 18.4 Å². The van der Waals surface area contributed by atoms with Crippen molar-refractivity contribution in [1.82, 2.24) is 4.90 Å². The molecular formula is C18H24N2O8. The van der Waals surface area contributed by atoms with Gasteiger partial charge in [0.25, 0.3) is 0 Å². The van der Waals surface area contributed by atoms with Gasteiger partial charge < -0.3 is 34.2 Å². The molecule has 0 aliphatic carbocycles. The summed E-state index contributed by atoms with van der Waals surface area (Å²) >= 11 is 0. The summed E-state index contributed by atoms with van der Waals surface area (Å²) in [6.45, 7) is 1.98. The minimum Gasteiger partial charge on any atom is -0.449 e. The van der Waals surface area contributed by atoms with Crippen molar-refractivity contribution in [2.75, 3.05) is 31.7 Å². The third-order valence-corrected chi connectivity index (χ3v) is 5.47. The van der Waals surface area contributed by atoms with Gasteiger partial charge in [0.1, 0.15) is 23.9 Å². The van der Waals surface area contributed by atoms with Gasteiger partial charge in [-0.2, -0.15) is 0 Å². The summed E-state index contributed by atoms with van der Waals surface area (Å²) in [6, 6.07) is 2.66. The summed E-state index contributed by atoms with van der Waals surface area (Å²) in [4.78, 5) is 24.9. The first-order chi connectivity index (χ1) is 13.4. The summed E-state index contributed by atoms with van der Waals surface area (Å²) in [5, 5.41) is 24.1. The maximum Gasteiger partial charge on any atom is 0.232 e. The zero-order valence-electron chi connectivity index (χ0n) is 15.4. The van der Waals surface area contributed by atoms with E-state index in [1.165, 1.54) is 11.2 Å². The van der Waals surface area contributed by atoms with Crippen LogP contribution in [0.2, 0.25) is 0 Å². The van der Waals surface area contributed by atoms with Crippen LogP contribution in [-0.4, -0.2) is 83.4 Å². The molecule has 0 saturated carbocycles. The molecule has 3 saturated heterocycles. The van der Waals surface area contributed by atoms with Gasteiger partial charge in [0.15, 0.2) is 12.2 Å². The largest absolute Gasteiger partial charge is 0.449 e. The van der Waals surface area contributed by atoms with Gasteiger partial charge in [-0.25, -0.2) is 0 Å². The fourth-order valence-corrected chi connectivity index (χ4v) is 3.85. The molecule has 2 bridgehead atoms. The number of hydrogen-bond donors (Lipinski definition) is 3. The van der Waals surface area contributed by atoms with Gasteiger partial charge in [0.2, 0.25) is 11.8 Å². The number of carbonyl (C=O) groups excluding carboxylic acids is 2. The van der Waals surface area contributed by atoms with E-state index >= 15 is 0 Å². The van der Waals surface area contributed by atoms with Crippen molar-refractivity contribution in [1.29, 1.82) is 0 Å². The zero-order chi connectivity index (χ0) is 19.9. The molecular weight excluding hydrogens is 372 g/mol. The van der Waals surface area contributed by atoms with Crippen molar-refractivity contribution in [3.05, 3.63) is 18.4 Å². The highest BCUT2D eigenvalue weighted by Crippen LogP contribution is 2.38. The molecule has 3 fully saturated rings. The molecule has 6 atom stereocenters. The molecule has 4 rings (SSSR count). The normalized spacial score (nSPS) is 37.7.